The van der Waals surface area contributed by atoms with Gasteiger partial charge in [-0.05, 0) is 73.6 Å². The van der Waals surface area contributed by atoms with Gasteiger partial charge in [-0.3, -0.25) is 0 Å². The maximum atomic E-state index is 8.86. The van der Waals surface area contributed by atoms with Gasteiger partial charge in [0.25, 0.3) is 0 Å². The molecule has 0 fully saturated rings. The molecule has 1 N–H and O–H groups in total. The van der Waals surface area contributed by atoms with E-state index in [1.54, 1.807) is 0 Å². The second-order valence-electron chi connectivity index (χ2n) is 5.78. The van der Waals surface area contributed by atoms with Gasteiger partial charge in [-0.15, -0.1) is 0 Å². The van der Waals surface area contributed by atoms with Crippen LogP contribution in [0, 0.1) is 16.7 Å². The lowest BCUT2D eigenvalue weighted by Crippen LogP contribution is -2.28. The van der Waals surface area contributed by atoms with Gasteiger partial charge in [-0.2, -0.15) is 5.26 Å². The SMILES string of the molecule is CC(C)N(C)CCCCNCCC(C)(C)C#N. The maximum absolute atomic E-state index is 8.86. The summed E-state index contributed by atoms with van der Waals surface area (Å²) in [6.07, 6.45) is 3.38. The van der Waals surface area contributed by atoms with Gasteiger partial charge in [0, 0.05) is 6.04 Å². The largest absolute Gasteiger partial charge is 0.317 e. The van der Waals surface area contributed by atoms with E-state index in [0.29, 0.717) is 6.04 Å². The first-order chi connectivity index (χ1) is 7.89. The van der Waals surface area contributed by atoms with Crippen molar-refractivity contribution in [3.8, 4) is 6.07 Å². The van der Waals surface area contributed by atoms with Crippen LogP contribution in [0.15, 0.2) is 0 Å². The van der Waals surface area contributed by atoms with Crippen LogP contribution in [0.3, 0.4) is 0 Å². The molecular weight excluding hydrogens is 210 g/mol. The lowest BCUT2D eigenvalue weighted by atomic mass is 9.91. The second kappa shape index (κ2) is 8.49. The van der Waals surface area contributed by atoms with Crippen molar-refractivity contribution in [1.29, 1.82) is 5.26 Å². The van der Waals surface area contributed by atoms with Crippen LogP contribution in [0.1, 0.15) is 47.0 Å². The Kier molecular flexibility index (Phi) is 8.20. The predicted molar refractivity (Wildman–Crippen MR) is 73.9 cm³/mol. The van der Waals surface area contributed by atoms with Crippen LogP contribution < -0.4 is 5.32 Å². The smallest absolute Gasteiger partial charge is 0.0684 e. The van der Waals surface area contributed by atoms with Crippen molar-refractivity contribution < 1.29 is 0 Å². The van der Waals surface area contributed by atoms with Gasteiger partial charge in [0.2, 0.25) is 0 Å². The molecule has 3 nitrogen and oxygen atoms in total. The van der Waals surface area contributed by atoms with Gasteiger partial charge >= 0.3 is 0 Å². The van der Waals surface area contributed by atoms with Crippen molar-refractivity contribution in [2.24, 2.45) is 5.41 Å². The van der Waals surface area contributed by atoms with Crippen LogP contribution >= 0.6 is 0 Å². The van der Waals surface area contributed by atoms with Gasteiger partial charge in [-0.1, -0.05) is 0 Å². The van der Waals surface area contributed by atoms with Gasteiger partial charge in [-0.25, -0.2) is 0 Å². The summed E-state index contributed by atoms with van der Waals surface area (Å²) in [4.78, 5) is 2.37. The quantitative estimate of drug-likeness (QED) is 0.629. The summed E-state index contributed by atoms with van der Waals surface area (Å²) >= 11 is 0. The molecule has 0 atom stereocenters. The molecule has 0 spiro atoms. The summed E-state index contributed by atoms with van der Waals surface area (Å²) in [6.45, 7) is 11.6. The molecule has 0 bridgehead atoms. The molecule has 0 aliphatic heterocycles. The second-order valence-corrected chi connectivity index (χ2v) is 5.78. The summed E-state index contributed by atoms with van der Waals surface area (Å²) < 4.78 is 0. The summed E-state index contributed by atoms with van der Waals surface area (Å²) in [5, 5.41) is 12.3. The molecule has 0 heterocycles. The molecule has 3 heteroatoms. The van der Waals surface area contributed by atoms with Crippen LogP contribution in [0.2, 0.25) is 0 Å². The van der Waals surface area contributed by atoms with E-state index in [1.807, 2.05) is 13.8 Å². The zero-order chi connectivity index (χ0) is 13.3. The van der Waals surface area contributed by atoms with Gasteiger partial charge in [0.1, 0.15) is 0 Å². The topological polar surface area (TPSA) is 39.1 Å². The molecule has 0 aromatic carbocycles. The highest BCUT2D eigenvalue weighted by Gasteiger charge is 2.15. The third kappa shape index (κ3) is 9.14. The Morgan fingerprint density at radius 1 is 1.24 bits per heavy atom. The van der Waals surface area contributed by atoms with Crippen LogP contribution in [0.4, 0.5) is 0 Å². The molecule has 0 radical (unpaired) electrons. The molecule has 0 aromatic rings. The van der Waals surface area contributed by atoms with E-state index in [4.69, 9.17) is 5.26 Å². The molecular formula is C14H29N3. The van der Waals surface area contributed by atoms with Gasteiger partial charge < -0.3 is 10.2 Å². The molecule has 0 saturated heterocycles. The standard InChI is InChI=1S/C14H29N3/c1-13(2)17(5)11-7-6-9-16-10-8-14(3,4)12-15/h13,16H,6-11H2,1-5H3. The van der Waals surface area contributed by atoms with Crippen molar-refractivity contribution in [2.45, 2.75) is 53.0 Å². The van der Waals surface area contributed by atoms with Crippen molar-refractivity contribution in [2.75, 3.05) is 26.7 Å². The Labute approximate surface area is 107 Å². The fraction of sp³-hybridized carbons (Fsp3) is 0.929. The Balaban J connectivity index is 3.34. The fourth-order valence-corrected chi connectivity index (χ4v) is 1.45. The van der Waals surface area contributed by atoms with E-state index >= 15 is 0 Å². The number of hydrogen-bond donors (Lipinski definition) is 1. The van der Waals surface area contributed by atoms with Crippen LogP contribution in [-0.4, -0.2) is 37.6 Å². The van der Waals surface area contributed by atoms with Crippen molar-refractivity contribution in [3.05, 3.63) is 0 Å². The lowest BCUT2D eigenvalue weighted by Gasteiger charge is -2.20. The zero-order valence-corrected chi connectivity index (χ0v) is 12.2. The van der Waals surface area contributed by atoms with E-state index in [9.17, 15) is 0 Å². The maximum Gasteiger partial charge on any atom is 0.0684 e. The minimum atomic E-state index is -0.190. The Hall–Kier alpha value is -0.590. The highest BCUT2D eigenvalue weighted by molar-refractivity contribution is 4.91. The zero-order valence-electron chi connectivity index (χ0n) is 12.2. The van der Waals surface area contributed by atoms with Crippen molar-refractivity contribution >= 4 is 0 Å². The number of unbranched alkanes of at least 4 members (excludes halogenated alkanes) is 1. The van der Waals surface area contributed by atoms with Crippen LogP contribution in [0.5, 0.6) is 0 Å². The van der Waals surface area contributed by atoms with Crippen molar-refractivity contribution in [1.82, 2.24) is 10.2 Å². The third-order valence-electron chi connectivity index (χ3n) is 3.23. The summed E-state index contributed by atoms with van der Waals surface area (Å²) in [5.74, 6) is 0. The monoisotopic (exact) mass is 239 g/mol. The Morgan fingerprint density at radius 3 is 2.41 bits per heavy atom. The Bertz CT molecular complexity index is 228. The average Bonchev–Trinajstić information content (AvgIpc) is 2.27. The van der Waals surface area contributed by atoms with E-state index in [1.165, 1.54) is 19.4 Å². The van der Waals surface area contributed by atoms with Gasteiger partial charge in [0.05, 0.1) is 11.5 Å². The molecule has 0 aliphatic carbocycles. The average molecular weight is 239 g/mol. The molecule has 0 unspecified atom stereocenters. The number of hydrogen-bond acceptors (Lipinski definition) is 3. The predicted octanol–water partition coefficient (Wildman–Crippen LogP) is 2.64. The van der Waals surface area contributed by atoms with E-state index < -0.39 is 0 Å². The molecule has 0 rings (SSSR count). The fourth-order valence-electron chi connectivity index (χ4n) is 1.45. The highest BCUT2D eigenvalue weighted by Crippen LogP contribution is 2.16. The number of nitriles is 1. The van der Waals surface area contributed by atoms with E-state index in [-0.39, 0.29) is 5.41 Å². The molecule has 17 heavy (non-hydrogen) atoms. The summed E-state index contributed by atoms with van der Waals surface area (Å²) in [5.41, 5.74) is -0.190. The molecule has 0 saturated carbocycles. The first kappa shape index (κ1) is 16.4. The first-order valence-electron chi connectivity index (χ1n) is 6.71. The summed E-state index contributed by atoms with van der Waals surface area (Å²) in [6, 6.07) is 2.96. The highest BCUT2D eigenvalue weighted by atomic mass is 15.1. The molecule has 0 aliphatic rings. The Morgan fingerprint density at radius 2 is 1.88 bits per heavy atom. The van der Waals surface area contributed by atoms with E-state index in [2.05, 4.69) is 37.2 Å². The van der Waals surface area contributed by atoms with E-state index in [0.717, 1.165) is 19.5 Å². The molecule has 0 aromatic heterocycles. The van der Waals surface area contributed by atoms with Crippen LogP contribution in [0.25, 0.3) is 0 Å². The number of nitrogens with zero attached hydrogens (tertiary/aromatic N) is 2. The minimum Gasteiger partial charge on any atom is -0.317 e. The number of nitrogens with one attached hydrogen (secondary N) is 1. The van der Waals surface area contributed by atoms with Crippen molar-refractivity contribution in [3.63, 3.8) is 0 Å². The first-order valence-corrected chi connectivity index (χ1v) is 6.71. The molecule has 0 amide bonds. The van der Waals surface area contributed by atoms with Gasteiger partial charge in [0.15, 0.2) is 0 Å². The molecule has 100 valence electrons. The normalized spacial score (nSPS) is 12.1. The lowest BCUT2D eigenvalue weighted by molar-refractivity contribution is 0.267. The van der Waals surface area contributed by atoms with Crippen LogP contribution in [-0.2, 0) is 0 Å². The number of rotatable bonds is 9. The summed E-state index contributed by atoms with van der Waals surface area (Å²) in [7, 11) is 2.17. The third-order valence-corrected chi connectivity index (χ3v) is 3.23. The minimum absolute atomic E-state index is 0.190.